The van der Waals surface area contributed by atoms with Crippen LogP contribution in [0.1, 0.15) is 19.4 Å². The standard InChI is InChI=1S/C19H21NO3.C2H6/c1-21-13-5-6-14-23-18-11-9-16(10-12-18)19-8-4-3-7-17(19)15-20-22-2;1-2/h3-12,15H,13-14H2,1-2H3;1-2H3/b6-5-,20-15-;. The fourth-order valence-corrected chi connectivity index (χ4v) is 2.09. The van der Waals surface area contributed by atoms with Gasteiger partial charge in [-0.25, -0.2) is 0 Å². The Hall–Kier alpha value is -2.59. The lowest BCUT2D eigenvalue weighted by molar-refractivity contribution is 0.215. The van der Waals surface area contributed by atoms with Crippen molar-refractivity contribution in [3.8, 4) is 16.9 Å². The van der Waals surface area contributed by atoms with Crippen molar-refractivity contribution in [1.82, 2.24) is 0 Å². The van der Waals surface area contributed by atoms with Crippen molar-refractivity contribution in [3.05, 3.63) is 66.2 Å². The molecule has 0 radical (unpaired) electrons. The number of ether oxygens (including phenoxy) is 2. The van der Waals surface area contributed by atoms with E-state index in [4.69, 9.17) is 14.3 Å². The van der Waals surface area contributed by atoms with E-state index in [9.17, 15) is 0 Å². The summed E-state index contributed by atoms with van der Waals surface area (Å²) in [5.41, 5.74) is 3.20. The van der Waals surface area contributed by atoms with Crippen molar-refractivity contribution < 1.29 is 14.3 Å². The third kappa shape index (κ3) is 7.23. The van der Waals surface area contributed by atoms with Gasteiger partial charge in [-0.1, -0.05) is 61.5 Å². The van der Waals surface area contributed by atoms with Crippen molar-refractivity contribution >= 4 is 6.21 Å². The fourth-order valence-electron chi connectivity index (χ4n) is 2.09. The Balaban J connectivity index is 0.00000151. The molecule has 2 aromatic rings. The van der Waals surface area contributed by atoms with E-state index in [1.165, 1.54) is 7.11 Å². The zero-order valence-electron chi connectivity index (χ0n) is 15.4. The van der Waals surface area contributed by atoms with Crippen LogP contribution in [0.5, 0.6) is 5.75 Å². The molecule has 25 heavy (non-hydrogen) atoms. The van der Waals surface area contributed by atoms with Crippen LogP contribution in [0.25, 0.3) is 11.1 Å². The molecule has 4 nitrogen and oxygen atoms in total. The molecule has 0 spiro atoms. The number of nitrogens with zero attached hydrogens (tertiary/aromatic N) is 1. The summed E-state index contributed by atoms with van der Waals surface area (Å²) in [6.45, 7) is 5.13. The van der Waals surface area contributed by atoms with Gasteiger partial charge in [0.15, 0.2) is 0 Å². The lowest BCUT2D eigenvalue weighted by atomic mass is 10.0. The molecule has 0 bridgehead atoms. The number of hydrogen-bond acceptors (Lipinski definition) is 4. The first-order chi connectivity index (χ1) is 12.3. The molecule has 0 heterocycles. The molecule has 0 aliphatic carbocycles. The van der Waals surface area contributed by atoms with E-state index in [1.54, 1.807) is 13.3 Å². The SMILES string of the molecule is CC.COC/C=C\COc1ccc(-c2ccccc2/C=N\OC)cc1. The largest absolute Gasteiger partial charge is 0.490 e. The molecule has 0 aliphatic rings. The van der Waals surface area contributed by atoms with Gasteiger partial charge in [0, 0.05) is 12.7 Å². The van der Waals surface area contributed by atoms with Crippen LogP contribution in [0.3, 0.4) is 0 Å². The van der Waals surface area contributed by atoms with Crippen LogP contribution in [-0.4, -0.2) is 33.6 Å². The second-order valence-electron chi connectivity index (χ2n) is 4.77. The minimum Gasteiger partial charge on any atom is -0.490 e. The lowest BCUT2D eigenvalue weighted by Crippen LogP contribution is -1.94. The highest BCUT2D eigenvalue weighted by molar-refractivity contribution is 5.90. The molecule has 0 fully saturated rings. The Bertz CT molecular complexity index is 648. The first-order valence-electron chi connectivity index (χ1n) is 8.38. The van der Waals surface area contributed by atoms with Gasteiger partial charge >= 0.3 is 0 Å². The Morgan fingerprint density at radius 3 is 2.24 bits per heavy atom. The van der Waals surface area contributed by atoms with Gasteiger partial charge in [0.1, 0.15) is 19.5 Å². The third-order valence-electron chi connectivity index (χ3n) is 3.20. The number of oxime groups is 1. The maximum absolute atomic E-state index is 5.65. The van der Waals surface area contributed by atoms with E-state index < -0.39 is 0 Å². The van der Waals surface area contributed by atoms with E-state index >= 15 is 0 Å². The van der Waals surface area contributed by atoms with E-state index in [1.807, 2.05) is 68.5 Å². The predicted octanol–water partition coefficient (Wildman–Crippen LogP) is 4.94. The Morgan fingerprint density at radius 2 is 1.56 bits per heavy atom. The molecule has 2 aromatic carbocycles. The Morgan fingerprint density at radius 1 is 0.880 bits per heavy atom. The molecule has 0 unspecified atom stereocenters. The van der Waals surface area contributed by atoms with E-state index in [0.717, 1.165) is 22.4 Å². The van der Waals surface area contributed by atoms with Crippen LogP contribution in [0.2, 0.25) is 0 Å². The maximum Gasteiger partial charge on any atom is 0.119 e. The van der Waals surface area contributed by atoms with Crippen molar-refractivity contribution in [2.75, 3.05) is 27.4 Å². The lowest BCUT2D eigenvalue weighted by Gasteiger charge is -2.08. The average Bonchev–Trinajstić information content (AvgIpc) is 2.68. The summed E-state index contributed by atoms with van der Waals surface area (Å²) in [4.78, 5) is 4.76. The average molecular weight is 341 g/mol. The normalized spacial score (nSPS) is 10.6. The predicted molar refractivity (Wildman–Crippen MR) is 104 cm³/mol. The van der Waals surface area contributed by atoms with Crippen molar-refractivity contribution in [2.45, 2.75) is 13.8 Å². The van der Waals surface area contributed by atoms with Crippen molar-refractivity contribution in [3.63, 3.8) is 0 Å². The minimum atomic E-state index is 0.528. The van der Waals surface area contributed by atoms with Gasteiger partial charge in [0.2, 0.25) is 0 Å². The Kier molecular flexibility index (Phi) is 10.5. The van der Waals surface area contributed by atoms with Gasteiger partial charge < -0.3 is 14.3 Å². The minimum absolute atomic E-state index is 0.528. The first-order valence-corrected chi connectivity index (χ1v) is 8.38. The molecule has 0 aliphatic heterocycles. The highest BCUT2D eigenvalue weighted by Crippen LogP contribution is 2.25. The zero-order chi connectivity index (χ0) is 18.3. The zero-order valence-corrected chi connectivity index (χ0v) is 15.4. The molecular formula is C21H27NO3. The van der Waals surface area contributed by atoms with Crippen LogP contribution in [-0.2, 0) is 9.57 Å². The topological polar surface area (TPSA) is 40.0 Å². The summed E-state index contributed by atoms with van der Waals surface area (Å²) in [6.07, 6.45) is 5.58. The van der Waals surface area contributed by atoms with Crippen LogP contribution >= 0.6 is 0 Å². The number of methoxy groups -OCH3 is 1. The summed E-state index contributed by atoms with van der Waals surface area (Å²) in [5.74, 6) is 0.832. The molecule has 0 atom stereocenters. The van der Waals surface area contributed by atoms with Gasteiger partial charge in [-0.2, -0.15) is 0 Å². The Labute approximate surface area is 150 Å². The van der Waals surface area contributed by atoms with Gasteiger partial charge in [-0.3, -0.25) is 0 Å². The number of benzene rings is 2. The van der Waals surface area contributed by atoms with E-state index in [-0.39, 0.29) is 0 Å². The van der Waals surface area contributed by atoms with Crippen LogP contribution in [0.15, 0.2) is 65.8 Å². The quantitative estimate of drug-likeness (QED) is 0.388. The highest BCUT2D eigenvalue weighted by Gasteiger charge is 2.03. The van der Waals surface area contributed by atoms with Crippen molar-refractivity contribution in [1.29, 1.82) is 0 Å². The van der Waals surface area contributed by atoms with Crippen LogP contribution < -0.4 is 4.74 Å². The molecule has 0 N–H and O–H groups in total. The molecule has 4 heteroatoms. The number of rotatable bonds is 8. The van der Waals surface area contributed by atoms with Crippen LogP contribution in [0, 0.1) is 0 Å². The third-order valence-corrected chi connectivity index (χ3v) is 3.20. The smallest absolute Gasteiger partial charge is 0.119 e. The van der Waals surface area contributed by atoms with Crippen LogP contribution in [0.4, 0.5) is 0 Å². The second-order valence-corrected chi connectivity index (χ2v) is 4.77. The molecule has 0 saturated heterocycles. The van der Waals surface area contributed by atoms with Gasteiger partial charge in [-0.05, 0) is 29.3 Å². The van der Waals surface area contributed by atoms with Gasteiger partial charge in [-0.15, -0.1) is 0 Å². The molecule has 0 saturated carbocycles. The summed E-state index contributed by atoms with van der Waals surface area (Å²) < 4.78 is 10.6. The van der Waals surface area contributed by atoms with Gasteiger partial charge in [0.05, 0.1) is 12.8 Å². The summed E-state index contributed by atoms with van der Waals surface area (Å²) >= 11 is 0. The molecule has 2 rings (SSSR count). The molecule has 0 amide bonds. The molecule has 134 valence electrons. The monoisotopic (exact) mass is 341 g/mol. The highest BCUT2D eigenvalue weighted by atomic mass is 16.6. The first kappa shape index (κ1) is 20.5. The number of hydrogen-bond donors (Lipinski definition) is 0. The summed E-state index contributed by atoms with van der Waals surface area (Å²) in [5, 5.41) is 3.84. The van der Waals surface area contributed by atoms with E-state index in [2.05, 4.69) is 11.2 Å². The summed E-state index contributed by atoms with van der Waals surface area (Å²) in [6, 6.07) is 16.0. The molecule has 0 aromatic heterocycles. The molecular weight excluding hydrogens is 314 g/mol. The fraction of sp³-hybridized carbons (Fsp3) is 0.286. The second kappa shape index (κ2) is 12.8. The maximum atomic E-state index is 5.65. The van der Waals surface area contributed by atoms with E-state index in [0.29, 0.717) is 13.2 Å². The van der Waals surface area contributed by atoms with Gasteiger partial charge in [0.25, 0.3) is 0 Å². The van der Waals surface area contributed by atoms with Crippen molar-refractivity contribution in [2.24, 2.45) is 5.16 Å². The summed E-state index contributed by atoms with van der Waals surface area (Å²) in [7, 11) is 3.20.